The van der Waals surface area contributed by atoms with Crippen LogP contribution in [-0.4, -0.2) is 12.0 Å². The van der Waals surface area contributed by atoms with E-state index in [9.17, 15) is 4.79 Å². The Kier molecular flexibility index (Phi) is 4.42. The number of benzene rings is 1. The molecule has 0 aliphatic heterocycles. The van der Waals surface area contributed by atoms with Crippen molar-refractivity contribution in [3.63, 3.8) is 0 Å². The number of nitrogens with one attached hydrogen (secondary N) is 1. The highest BCUT2D eigenvalue weighted by molar-refractivity contribution is 5.97. The van der Waals surface area contributed by atoms with Crippen LogP contribution in [-0.2, 0) is 0 Å². The molecule has 1 saturated carbocycles. The first-order chi connectivity index (χ1) is 11.0. The molecule has 0 bridgehead atoms. The van der Waals surface area contributed by atoms with E-state index in [4.69, 9.17) is 9.15 Å². The van der Waals surface area contributed by atoms with Gasteiger partial charge >= 0.3 is 0 Å². The topological polar surface area (TPSA) is 51.5 Å². The van der Waals surface area contributed by atoms with Crippen molar-refractivity contribution in [2.75, 3.05) is 0 Å². The van der Waals surface area contributed by atoms with Crippen LogP contribution in [0.2, 0.25) is 0 Å². The average molecular weight is 313 g/mol. The lowest BCUT2D eigenvalue weighted by atomic mass is 9.96. The predicted molar refractivity (Wildman–Crippen MR) is 88.8 cm³/mol. The Morgan fingerprint density at radius 1 is 1.30 bits per heavy atom. The third-order valence-electron chi connectivity index (χ3n) is 4.37. The molecule has 1 aromatic carbocycles. The Labute approximate surface area is 136 Å². The van der Waals surface area contributed by atoms with Crippen molar-refractivity contribution in [1.82, 2.24) is 5.32 Å². The van der Waals surface area contributed by atoms with Crippen LogP contribution in [0.5, 0.6) is 5.75 Å². The molecule has 1 aliphatic rings. The number of amides is 1. The molecule has 1 N–H and O–H groups in total. The van der Waals surface area contributed by atoms with Crippen LogP contribution in [0.4, 0.5) is 0 Å². The highest BCUT2D eigenvalue weighted by atomic mass is 16.5. The lowest BCUT2D eigenvalue weighted by Crippen LogP contribution is -2.29. The van der Waals surface area contributed by atoms with Crippen LogP contribution in [0.3, 0.4) is 0 Å². The van der Waals surface area contributed by atoms with E-state index in [1.807, 2.05) is 51.1 Å². The van der Waals surface area contributed by atoms with Crippen molar-refractivity contribution in [1.29, 1.82) is 0 Å². The first kappa shape index (κ1) is 15.7. The van der Waals surface area contributed by atoms with Gasteiger partial charge in [-0.25, -0.2) is 0 Å². The Hall–Kier alpha value is -2.23. The SMILES string of the molecule is Cc1cc(C(C)NC(=O)c2ccccc2OC2CCC2)c(C)o1. The van der Waals surface area contributed by atoms with Crippen LogP contribution in [0.1, 0.15) is 59.7 Å². The first-order valence-corrected chi connectivity index (χ1v) is 8.18. The number of hydrogen-bond acceptors (Lipinski definition) is 3. The smallest absolute Gasteiger partial charge is 0.255 e. The highest BCUT2D eigenvalue weighted by Gasteiger charge is 2.23. The van der Waals surface area contributed by atoms with Crippen molar-refractivity contribution < 1.29 is 13.9 Å². The van der Waals surface area contributed by atoms with E-state index in [0.717, 1.165) is 29.9 Å². The fourth-order valence-electron chi connectivity index (χ4n) is 2.86. The van der Waals surface area contributed by atoms with Gasteiger partial charge in [-0.1, -0.05) is 12.1 Å². The molecule has 0 radical (unpaired) electrons. The van der Waals surface area contributed by atoms with Crippen molar-refractivity contribution in [3.05, 3.63) is 53.0 Å². The van der Waals surface area contributed by atoms with Crippen LogP contribution in [0.25, 0.3) is 0 Å². The first-order valence-electron chi connectivity index (χ1n) is 8.18. The summed E-state index contributed by atoms with van der Waals surface area (Å²) >= 11 is 0. The summed E-state index contributed by atoms with van der Waals surface area (Å²) in [5.74, 6) is 2.24. The highest BCUT2D eigenvalue weighted by Crippen LogP contribution is 2.28. The van der Waals surface area contributed by atoms with Gasteiger partial charge in [0.05, 0.1) is 17.7 Å². The van der Waals surface area contributed by atoms with Gasteiger partial charge in [0.25, 0.3) is 5.91 Å². The minimum absolute atomic E-state index is 0.114. The molecule has 1 fully saturated rings. The summed E-state index contributed by atoms with van der Waals surface area (Å²) in [6.45, 7) is 5.79. The molecule has 4 nitrogen and oxygen atoms in total. The molecular weight excluding hydrogens is 290 g/mol. The number of rotatable bonds is 5. The van der Waals surface area contributed by atoms with Crippen LogP contribution in [0.15, 0.2) is 34.7 Å². The van der Waals surface area contributed by atoms with Crippen molar-refractivity contribution >= 4 is 5.91 Å². The van der Waals surface area contributed by atoms with E-state index in [2.05, 4.69) is 5.32 Å². The van der Waals surface area contributed by atoms with Gasteiger partial charge in [0.15, 0.2) is 0 Å². The zero-order valence-corrected chi connectivity index (χ0v) is 13.9. The zero-order valence-electron chi connectivity index (χ0n) is 13.9. The van der Waals surface area contributed by atoms with Crippen LogP contribution >= 0.6 is 0 Å². The lowest BCUT2D eigenvalue weighted by Gasteiger charge is -2.27. The molecule has 3 rings (SSSR count). The van der Waals surface area contributed by atoms with Crippen LogP contribution < -0.4 is 10.1 Å². The Morgan fingerprint density at radius 2 is 2.04 bits per heavy atom. The van der Waals surface area contributed by atoms with E-state index >= 15 is 0 Å². The van der Waals surface area contributed by atoms with E-state index in [0.29, 0.717) is 11.3 Å². The maximum absolute atomic E-state index is 12.6. The number of furan rings is 1. The number of hydrogen-bond donors (Lipinski definition) is 1. The number of para-hydroxylation sites is 1. The van der Waals surface area contributed by atoms with Gasteiger partial charge in [-0.15, -0.1) is 0 Å². The maximum atomic E-state index is 12.6. The van der Waals surface area contributed by atoms with Crippen molar-refractivity contribution in [2.24, 2.45) is 0 Å². The lowest BCUT2D eigenvalue weighted by molar-refractivity contribution is 0.0915. The third-order valence-corrected chi connectivity index (χ3v) is 4.37. The zero-order chi connectivity index (χ0) is 16.4. The number of ether oxygens (including phenoxy) is 1. The molecule has 1 aliphatic carbocycles. The fraction of sp³-hybridized carbons (Fsp3) is 0.421. The molecule has 1 heterocycles. The summed E-state index contributed by atoms with van der Waals surface area (Å²) in [7, 11) is 0. The normalized spacial score (nSPS) is 15.8. The van der Waals surface area contributed by atoms with Gasteiger partial charge < -0.3 is 14.5 Å². The molecule has 0 saturated heterocycles. The largest absolute Gasteiger partial charge is 0.490 e. The van der Waals surface area contributed by atoms with Gasteiger partial charge in [0.1, 0.15) is 17.3 Å². The minimum Gasteiger partial charge on any atom is -0.490 e. The molecule has 1 amide bonds. The van der Waals surface area contributed by atoms with E-state index in [-0.39, 0.29) is 18.1 Å². The van der Waals surface area contributed by atoms with E-state index < -0.39 is 0 Å². The summed E-state index contributed by atoms with van der Waals surface area (Å²) in [5.41, 5.74) is 1.59. The third kappa shape index (κ3) is 3.41. The number of carbonyl (C=O) groups is 1. The van der Waals surface area contributed by atoms with Crippen molar-refractivity contribution in [3.8, 4) is 5.75 Å². The molecular formula is C19H23NO3. The predicted octanol–water partition coefficient (Wildman–Crippen LogP) is 4.32. The fourth-order valence-corrected chi connectivity index (χ4v) is 2.86. The maximum Gasteiger partial charge on any atom is 0.255 e. The molecule has 1 atom stereocenters. The number of aryl methyl sites for hydroxylation is 2. The molecule has 23 heavy (non-hydrogen) atoms. The molecule has 122 valence electrons. The van der Waals surface area contributed by atoms with E-state index in [1.54, 1.807) is 0 Å². The standard InChI is InChI=1S/C19H23NO3/c1-12-11-17(14(3)22-12)13(2)20-19(21)16-9-4-5-10-18(16)23-15-7-6-8-15/h4-5,9-11,13,15H,6-8H2,1-3H3,(H,20,21). The monoisotopic (exact) mass is 313 g/mol. The Balaban J connectivity index is 1.73. The molecule has 2 aromatic rings. The second-order valence-electron chi connectivity index (χ2n) is 6.23. The minimum atomic E-state index is -0.120. The molecule has 1 unspecified atom stereocenters. The molecule has 0 spiro atoms. The average Bonchev–Trinajstić information content (AvgIpc) is 2.82. The van der Waals surface area contributed by atoms with Gasteiger partial charge in [-0.05, 0) is 58.2 Å². The quantitative estimate of drug-likeness (QED) is 0.894. The van der Waals surface area contributed by atoms with Crippen molar-refractivity contribution in [2.45, 2.75) is 52.2 Å². The van der Waals surface area contributed by atoms with Gasteiger partial charge in [0.2, 0.25) is 0 Å². The summed E-state index contributed by atoms with van der Waals surface area (Å²) < 4.78 is 11.5. The summed E-state index contributed by atoms with van der Waals surface area (Å²) in [6.07, 6.45) is 3.59. The Morgan fingerprint density at radius 3 is 2.65 bits per heavy atom. The van der Waals surface area contributed by atoms with Gasteiger partial charge in [0, 0.05) is 5.56 Å². The summed E-state index contributed by atoms with van der Waals surface area (Å²) in [6, 6.07) is 9.29. The van der Waals surface area contributed by atoms with Gasteiger partial charge in [-0.3, -0.25) is 4.79 Å². The Bertz CT molecular complexity index is 700. The molecule has 4 heteroatoms. The second kappa shape index (κ2) is 6.49. The summed E-state index contributed by atoms with van der Waals surface area (Å²) in [4.78, 5) is 12.6. The van der Waals surface area contributed by atoms with Crippen LogP contribution in [0, 0.1) is 13.8 Å². The second-order valence-corrected chi connectivity index (χ2v) is 6.23. The van der Waals surface area contributed by atoms with E-state index in [1.165, 1.54) is 6.42 Å². The number of carbonyl (C=O) groups excluding carboxylic acids is 1. The van der Waals surface area contributed by atoms with Gasteiger partial charge in [-0.2, -0.15) is 0 Å². The summed E-state index contributed by atoms with van der Waals surface area (Å²) in [5, 5.41) is 3.04. The molecule has 1 aromatic heterocycles.